The highest BCUT2D eigenvalue weighted by Gasteiger charge is 2.46. The van der Waals surface area contributed by atoms with E-state index in [-0.39, 0.29) is 52.8 Å². The number of carbonyl (C=O) groups is 1. The standard InChI is InChI=1S/C14H15NOS.C8H8N2O2S.C8H6N2O2.C7H3BrN2O2.C6H8O2.CH4.P2S5/c1-9-5-7-10(8-6-9)14-15-11-3-2-4-12(16)13(11)17-14;1-5-2-3-6(8(9)13)7(4-5)10(11)12;1-6-2-3-7(5-9)8(4-6)10(11)12;8-6-2-1-5(4-9)7(3-6)10(11)12;7-4-2-1-3-5-6(4)8-5;;3-1-2-5-7-6-4/h5-8,12,16H,2-4H2,1H3;2-4H,1H3,(H2,9,13);2-4H,1H3;1-3H;5-6H,1-3H2;1H4;. The molecular formula is C44H44BrN7O9P2S7. The lowest BCUT2D eigenvalue weighted by Crippen LogP contribution is -2.14. The number of thiazole rings is 1. The molecule has 1 aliphatic heterocycles. The van der Waals surface area contributed by atoms with E-state index in [1.165, 1.54) is 51.8 Å². The molecule has 3 unspecified atom stereocenters. The van der Waals surface area contributed by atoms with Crippen LogP contribution in [0.4, 0.5) is 17.1 Å². The van der Waals surface area contributed by atoms with E-state index >= 15 is 0 Å². The van der Waals surface area contributed by atoms with E-state index < -0.39 is 14.8 Å². The van der Waals surface area contributed by atoms with Crippen LogP contribution in [0.3, 0.4) is 0 Å². The maximum Gasteiger partial charge on any atom is 0.288 e. The SMILES string of the molecule is C.Cc1ccc(-c2nc3c(s2)C(O)CCC3)cc1.Cc1ccc(C#N)c([N+](=O)[O-])c1.Cc1ccc(C(N)=S)c([N+](=O)[O-])c1.N#Cc1ccc(Br)cc1[N+](=O)[O-].O=C1CCCC2OC12.S=PP=S=S=S=S. The number of benzene rings is 4. The fraction of sp³-hybridized carbons (Fsp3) is 0.295. The lowest BCUT2D eigenvalue weighted by molar-refractivity contribution is -0.385. The van der Waals surface area contributed by atoms with Crippen molar-refractivity contribution in [3.05, 3.63) is 158 Å². The van der Waals surface area contributed by atoms with Crippen LogP contribution in [-0.2, 0) is 66.2 Å². The fourth-order valence-electron chi connectivity index (χ4n) is 6.16. The molecular weight excluding hydrogens is 1140 g/mol. The number of ketones is 1. The van der Waals surface area contributed by atoms with Gasteiger partial charge in [-0.1, -0.05) is 77.5 Å². The lowest BCUT2D eigenvalue weighted by Gasteiger charge is -2.14. The van der Waals surface area contributed by atoms with E-state index in [1.54, 1.807) is 80.0 Å². The highest BCUT2D eigenvalue weighted by Crippen LogP contribution is 2.38. The molecule has 2 heterocycles. The van der Waals surface area contributed by atoms with Crippen LogP contribution in [0.5, 0.6) is 0 Å². The summed E-state index contributed by atoms with van der Waals surface area (Å²) >= 11 is 18.6. The molecule has 368 valence electrons. The fourth-order valence-corrected chi connectivity index (χ4v) is 17.4. The smallest absolute Gasteiger partial charge is 0.288 e. The molecule has 16 nitrogen and oxygen atoms in total. The number of nitro benzene ring substituents is 3. The zero-order valence-corrected chi connectivity index (χ0v) is 45.7. The summed E-state index contributed by atoms with van der Waals surface area (Å²) in [6.07, 6.45) is 5.90. The number of hydrogen-bond acceptors (Lipinski definition) is 16. The second-order valence-electron chi connectivity index (χ2n) is 14.5. The number of nitrogens with two attached hydrogens (primary N) is 1. The third-order valence-corrected chi connectivity index (χ3v) is 21.5. The summed E-state index contributed by atoms with van der Waals surface area (Å²) in [6.45, 7) is 5.60. The van der Waals surface area contributed by atoms with Gasteiger partial charge in [0.05, 0.1) is 43.1 Å². The number of carbonyl (C=O) groups excluding carboxylic acids is 1. The lowest BCUT2D eigenvalue weighted by atomic mass is 10.00. The zero-order valence-electron chi connectivity index (χ0n) is 36.6. The Balaban J connectivity index is 0.000000294. The summed E-state index contributed by atoms with van der Waals surface area (Å²) in [5.74, 6) is 0.321. The molecule has 2 aliphatic carbocycles. The Kier molecular flexibility index (Phi) is 27.8. The van der Waals surface area contributed by atoms with Crippen molar-refractivity contribution in [2.24, 2.45) is 5.73 Å². The van der Waals surface area contributed by atoms with E-state index in [0.29, 0.717) is 21.9 Å². The Morgan fingerprint density at radius 3 is 1.93 bits per heavy atom. The number of ether oxygens (including phenoxy) is 1. The van der Waals surface area contributed by atoms with Crippen LogP contribution in [0.1, 0.15) is 89.6 Å². The largest absolute Gasteiger partial charge is 0.389 e. The van der Waals surface area contributed by atoms with Gasteiger partial charge in [0.2, 0.25) is 0 Å². The van der Waals surface area contributed by atoms with Crippen LogP contribution in [0.25, 0.3) is 10.6 Å². The van der Waals surface area contributed by atoms with Gasteiger partial charge in [-0.3, -0.25) is 35.1 Å². The number of thiocarbonyl (C=S) groups is 1. The monoisotopic (exact) mass is 1180 g/mol. The maximum atomic E-state index is 10.7. The van der Waals surface area contributed by atoms with Gasteiger partial charge in [-0.25, -0.2) is 4.98 Å². The van der Waals surface area contributed by atoms with E-state index in [1.807, 2.05) is 0 Å². The van der Waals surface area contributed by atoms with Gasteiger partial charge < -0.3 is 15.6 Å². The van der Waals surface area contributed by atoms with Crippen molar-refractivity contribution >= 4 is 132 Å². The molecule has 26 heteroatoms. The first kappa shape index (κ1) is 61.5. The predicted octanol–water partition coefficient (Wildman–Crippen LogP) is 11.9. The van der Waals surface area contributed by atoms with Crippen LogP contribution in [-0.4, -0.2) is 47.8 Å². The van der Waals surface area contributed by atoms with Gasteiger partial charge >= 0.3 is 0 Å². The number of epoxide rings is 1. The molecule has 0 bridgehead atoms. The van der Waals surface area contributed by atoms with Crippen molar-refractivity contribution in [3.8, 4) is 22.7 Å². The molecule has 0 radical (unpaired) electrons. The van der Waals surface area contributed by atoms with Crippen LogP contribution in [0.15, 0.2) is 83.3 Å². The van der Waals surface area contributed by atoms with Crippen molar-refractivity contribution in [3.63, 3.8) is 0 Å². The number of nitriles is 2. The number of aliphatic hydroxyl groups excluding tert-OH is 1. The molecule has 4 aromatic carbocycles. The van der Waals surface area contributed by atoms with Crippen molar-refractivity contribution in [2.45, 2.75) is 85.0 Å². The second kappa shape index (κ2) is 31.6. The number of hydrogen-bond donors (Lipinski definition) is 2. The molecule has 3 N–H and O–H groups in total. The van der Waals surface area contributed by atoms with E-state index in [2.05, 4.69) is 87.3 Å². The summed E-state index contributed by atoms with van der Waals surface area (Å²) in [5, 5.41) is 59.3. The topological polar surface area (TPSA) is 266 Å². The average molecular weight is 1180 g/mol. The number of Topliss-reactive ketones (excluding diaryl/α,β-unsaturated/α-hetero) is 1. The van der Waals surface area contributed by atoms with Gasteiger partial charge in [-0.15, -0.1) is 11.3 Å². The van der Waals surface area contributed by atoms with Gasteiger partial charge in [-0.05, 0) is 139 Å². The van der Waals surface area contributed by atoms with Gasteiger partial charge in [0.1, 0.15) is 39.4 Å². The molecule has 5 aromatic rings. The average Bonchev–Trinajstić information content (AvgIpc) is 4.00. The summed E-state index contributed by atoms with van der Waals surface area (Å²) in [6, 6.07) is 25.5. The normalized spacial score (nSPS) is 15.4. The van der Waals surface area contributed by atoms with E-state index in [0.717, 1.165) is 77.8 Å². The molecule has 70 heavy (non-hydrogen) atoms. The summed E-state index contributed by atoms with van der Waals surface area (Å²) in [5.41, 5.74) is 10.6. The van der Waals surface area contributed by atoms with Gasteiger partial charge in [0.15, 0.2) is 5.78 Å². The van der Waals surface area contributed by atoms with E-state index in [9.17, 15) is 40.2 Å². The number of aryl methyl sites for hydroxylation is 4. The van der Waals surface area contributed by atoms with Gasteiger partial charge in [-0.2, -0.15) is 10.5 Å². The van der Waals surface area contributed by atoms with Crippen molar-refractivity contribution in [2.75, 3.05) is 0 Å². The first-order valence-electron chi connectivity index (χ1n) is 20.0. The minimum Gasteiger partial charge on any atom is -0.389 e. The number of rotatable bonds is 6. The highest BCUT2D eigenvalue weighted by molar-refractivity contribution is 9.10. The first-order valence-corrected chi connectivity index (χ1v) is 30.5. The first-order chi connectivity index (χ1) is 32.8. The molecule has 1 aromatic heterocycles. The Morgan fingerprint density at radius 1 is 0.871 bits per heavy atom. The Bertz CT molecular complexity index is 2880. The Labute approximate surface area is 444 Å². The number of nitro groups is 3. The quantitative estimate of drug-likeness (QED) is 0.0526. The molecule has 3 aliphatic rings. The van der Waals surface area contributed by atoms with Gasteiger partial charge in [0, 0.05) is 48.7 Å². The number of aromatic nitrogens is 1. The zero-order chi connectivity index (χ0) is 51.2. The van der Waals surface area contributed by atoms with Crippen LogP contribution in [0, 0.1) is 73.8 Å². The number of halogens is 1. The Morgan fingerprint density at radius 2 is 1.41 bits per heavy atom. The molecule has 8 rings (SSSR count). The highest BCUT2D eigenvalue weighted by atomic mass is 79.9. The molecule has 1 saturated heterocycles. The third kappa shape index (κ3) is 20.2. The second-order valence-corrected chi connectivity index (χ2v) is 26.6. The van der Waals surface area contributed by atoms with Crippen LogP contribution in [0.2, 0.25) is 0 Å². The van der Waals surface area contributed by atoms with Crippen molar-refractivity contribution in [1.29, 1.82) is 10.5 Å². The van der Waals surface area contributed by atoms with Crippen LogP contribution < -0.4 is 5.73 Å². The summed E-state index contributed by atoms with van der Waals surface area (Å²) in [7, 11) is 6.83. The van der Waals surface area contributed by atoms with Gasteiger partial charge in [0.25, 0.3) is 17.1 Å². The van der Waals surface area contributed by atoms with E-state index in [4.69, 9.17) is 21.0 Å². The maximum absolute atomic E-state index is 10.7. The number of aliphatic hydroxyl groups is 1. The molecule has 0 spiro atoms. The minimum atomic E-state index is -0.580. The Hall–Kier alpha value is -4.65. The molecule has 0 amide bonds. The molecule has 3 atom stereocenters. The summed E-state index contributed by atoms with van der Waals surface area (Å²) in [4.78, 5) is 46.2. The molecule has 1 saturated carbocycles. The van der Waals surface area contributed by atoms with Crippen molar-refractivity contribution in [1.82, 2.24) is 4.98 Å². The minimum absolute atomic E-state index is 0. The third-order valence-electron chi connectivity index (χ3n) is 9.52. The number of fused-ring (bicyclic) bond motifs is 2. The predicted molar refractivity (Wildman–Crippen MR) is 297 cm³/mol. The number of nitrogens with zero attached hydrogens (tertiary/aromatic N) is 6. The van der Waals surface area contributed by atoms with Crippen LogP contribution >= 0.6 is 53.6 Å². The van der Waals surface area contributed by atoms with Crippen molar-refractivity contribution < 1.29 is 29.4 Å². The summed E-state index contributed by atoms with van der Waals surface area (Å²) < 4.78 is 5.63. The molecule has 2 fully saturated rings.